The Morgan fingerprint density at radius 2 is 1.84 bits per heavy atom. The van der Waals surface area contributed by atoms with E-state index in [1.165, 1.54) is 0 Å². The van der Waals surface area contributed by atoms with Gasteiger partial charge in [-0.15, -0.1) is 0 Å². The minimum atomic E-state index is -4.11. The van der Waals surface area contributed by atoms with Crippen molar-refractivity contribution in [3.05, 3.63) is 0 Å². The number of amides is 1. The summed E-state index contributed by atoms with van der Waals surface area (Å²) in [5.41, 5.74) is 0. The molecule has 3 rings (SSSR count). The SMILES string of the molecule is O=C(CC1CCC(C(F)(F)F)CC1)N1CCOC[C@@H]1[C@H]1CCC[C@@H]1O. The van der Waals surface area contributed by atoms with Gasteiger partial charge < -0.3 is 14.7 Å². The molecule has 0 spiro atoms. The van der Waals surface area contributed by atoms with Crippen LogP contribution in [0.2, 0.25) is 0 Å². The summed E-state index contributed by atoms with van der Waals surface area (Å²) in [7, 11) is 0. The zero-order valence-electron chi connectivity index (χ0n) is 14.5. The normalized spacial score (nSPS) is 37.3. The summed E-state index contributed by atoms with van der Waals surface area (Å²) in [6.45, 7) is 1.46. The Morgan fingerprint density at radius 3 is 2.44 bits per heavy atom. The molecule has 0 aromatic carbocycles. The van der Waals surface area contributed by atoms with Gasteiger partial charge in [0.2, 0.25) is 5.91 Å². The van der Waals surface area contributed by atoms with Crippen molar-refractivity contribution in [3.8, 4) is 0 Å². The van der Waals surface area contributed by atoms with Crippen molar-refractivity contribution in [3.63, 3.8) is 0 Å². The van der Waals surface area contributed by atoms with Crippen LogP contribution in [0.5, 0.6) is 0 Å². The minimum absolute atomic E-state index is 0.0165. The van der Waals surface area contributed by atoms with Crippen LogP contribution in [0.25, 0.3) is 0 Å². The smallest absolute Gasteiger partial charge is 0.391 e. The van der Waals surface area contributed by atoms with E-state index in [0.717, 1.165) is 19.3 Å². The average Bonchev–Trinajstić information content (AvgIpc) is 3.00. The number of alkyl halides is 3. The van der Waals surface area contributed by atoms with Crippen LogP contribution in [0, 0.1) is 17.8 Å². The van der Waals surface area contributed by atoms with Crippen LogP contribution < -0.4 is 0 Å². The van der Waals surface area contributed by atoms with E-state index in [2.05, 4.69) is 0 Å². The summed E-state index contributed by atoms with van der Waals surface area (Å²) in [6, 6.07) is -0.0923. The first kappa shape index (κ1) is 19.0. The zero-order chi connectivity index (χ0) is 18.0. The number of halogens is 3. The number of carbonyl (C=O) groups is 1. The zero-order valence-corrected chi connectivity index (χ0v) is 14.5. The van der Waals surface area contributed by atoms with Gasteiger partial charge in [0.1, 0.15) is 0 Å². The first-order valence-electron chi connectivity index (χ1n) is 9.48. The molecular weight excluding hydrogens is 335 g/mol. The molecule has 0 aromatic rings. The van der Waals surface area contributed by atoms with Crippen molar-refractivity contribution in [2.75, 3.05) is 19.8 Å². The molecule has 25 heavy (non-hydrogen) atoms. The maximum atomic E-state index is 12.8. The Labute approximate surface area is 146 Å². The van der Waals surface area contributed by atoms with Crippen LogP contribution in [0.3, 0.4) is 0 Å². The van der Waals surface area contributed by atoms with Gasteiger partial charge in [0.05, 0.1) is 31.3 Å². The Kier molecular flexibility index (Phi) is 5.93. The van der Waals surface area contributed by atoms with E-state index in [1.807, 2.05) is 4.90 Å². The molecule has 0 aromatic heterocycles. The summed E-state index contributed by atoms with van der Waals surface area (Å²) in [5.74, 6) is -1.08. The Hall–Kier alpha value is -0.820. The fourth-order valence-corrected chi connectivity index (χ4v) is 4.76. The molecule has 1 amide bonds. The molecule has 1 saturated heterocycles. The lowest BCUT2D eigenvalue weighted by atomic mass is 9.80. The predicted molar refractivity (Wildman–Crippen MR) is 85.8 cm³/mol. The minimum Gasteiger partial charge on any atom is -0.393 e. The van der Waals surface area contributed by atoms with Gasteiger partial charge in [-0.1, -0.05) is 6.42 Å². The highest BCUT2D eigenvalue weighted by Gasteiger charge is 2.43. The molecule has 7 heteroatoms. The lowest BCUT2D eigenvalue weighted by Crippen LogP contribution is -2.54. The van der Waals surface area contributed by atoms with Gasteiger partial charge in [-0.05, 0) is 44.4 Å². The summed E-state index contributed by atoms with van der Waals surface area (Å²) < 4.78 is 43.8. The number of carbonyl (C=O) groups excluding carboxylic acids is 1. The predicted octanol–water partition coefficient (Wildman–Crippen LogP) is 3.13. The fourth-order valence-electron chi connectivity index (χ4n) is 4.76. The summed E-state index contributed by atoms with van der Waals surface area (Å²) >= 11 is 0. The summed E-state index contributed by atoms with van der Waals surface area (Å²) in [6.07, 6.45) is -0.332. The maximum absolute atomic E-state index is 12.8. The number of hydrogen-bond donors (Lipinski definition) is 1. The van der Waals surface area contributed by atoms with E-state index in [9.17, 15) is 23.1 Å². The van der Waals surface area contributed by atoms with Gasteiger partial charge in [-0.3, -0.25) is 4.79 Å². The lowest BCUT2D eigenvalue weighted by Gasteiger charge is -2.41. The second-order valence-corrected chi connectivity index (χ2v) is 7.85. The van der Waals surface area contributed by atoms with E-state index in [1.54, 1.807) is 0 Å². The lowest BCUT2D eigenvalue weighted by molar-refractivity contribution is -0.184. The van der Waals surface area contributed by atoms with Gasteiger partial charge in [0.25, 0.3) is 0 Å². The molecule has 3 aliphatic rings. The van der Waals surface area contributed by atoms with Crippen LogP contribution in [0.1, 0.15) is 51.4 Å². The number of ether oxygens (including phenoxy) is 1. The molecule has 0 radical (unpaired) electrons. The van der Waals surface area contributed by atoms with Crippen molar-refractivity contribution in [1.29, 1.82) is 0 Å². The third-order valence-corrected chi connectivity index (χ3v) is 6.28. The highest BCUT2D eigenvalue weighted by Crippen LogP contribution is 2.41. The molecule has 0 unspecified atom stereocenters. The quantitative estimate of drug-likeness (QED) is 0.838. The monoisotopic (exact) mass is 363 g/mol. The molecule has 4 nitrogen and oxygen atoms in total. The molecule has 1 heterocycles. The molecule has 0 bridgehead atoms. The van der Waals surface area contributed by atoms with Crippen LogP contribution in [0.4, 0.5) is 13.2 Å². The number of rotatable bonds is 3. The van der Waals surface area contributed by atoms with E-state index in [0.29, 0.717) is 39.0 Å². The van der Waals surface area contributed by atoms with Gasteiger partial charge in [-0.2, -0.15) is 13.2 Å². The van der Waals surface area contributed by atoms with Crippen molar-refractivity contribution in [2.45, 2.75) is 69.7 Å². The van der Waals surface area contributed by atoms with Gasteiger partial charge in [0, 0.05) is 18.9 Å². The van der Waals surface area contributed by atoms with Crippen LogP contribution in [-0.4, -0.2) is 54.0 Å². The Morgan fingerprint density at radius 1 is 1.12 bits per heavy atom. The number of hydrogen-bond acceptors (Lipinski definition) is 3. The summed E-state index contributed by atoms with van der Waals surface area (Å²) in [5, 5.41) is 10.2. The number of morpholine rings is 1. The van der Waals surface area contributed by atoms with Crippen molar-refractivity contribution < 1.29 is 27.8 Å². The van der Waals surface area contributed by atoms with Crippen molar-refractivity contribution in [1.82, 2.24) is 4.90 Å². The molecule has 3 fully saturated rings. The molecule has 2 aliphatic carbocycles. The average molecular weight is 363 g/mol. The fraction of sp³-hybridized carbons (Fsp3) is 0.944. The largest absolute Gasteiger partial charge is 0.393 e. The summed E-state index contributed by atoms with van der Waals surface area (Å²) in [4.78, 5) is 14.6. The van der Waals surface area contributed by atoms with Crippen LogP contribution in [-0.2, 0) is 9.53 Å². The first-order chi connectivity index (χ1) is 11.9. The third-order valence-electron chi connectivity index (χ3n) is 6.28. The Bertz CT molecular complexity index is 463. The number of aliphatic hydroxyl groups excluding tert-OH is 1. The molecule has 1 N–H and O–H groups in total. The second-order valence-electron chi connectivity index (χ2n) is 7.85. The highest BCUT2D eigenvalue weighted by molar-refractivity contribution is 5.77. The van der Waals surface area contributed by atoms with Crippen LogP contribution in [0.15, 0.2) is 0 Å². The van der Waals surface area contributed by atoms with Gasteiger partial charge in [-0.25, -0.2) is 0 Å². The van der Waals surface area contributed by atoms with Crippen molar-refractivity contribution in [2.24, 2.45) is 17.8 Å². The van der Waals surface area contributed by atoms with E-state index in [4.69, 9.17) is 4.74 Å². The van der Waals surface area contributed by atoms with Gasteiger partial charge >= 0.3 is 6.18 Å². The van der Waals surface area contributed by atoms with E-state index >= 15 is 0 Å². The van der Waals surface area contributed by atoms with Crippen LogP contribution >= 0.6 is 0 Å². The van der Waals surface area contributed by atoms with E-state index in [-0.39, 0.29) is 42.7 Å². The molecule has 3 atom stereocenters. The molecule has 2 saturated carbocycles. The van der Waals surface area contributed by atoms with Crippen molar-refractivity contribution >= 4 is 5.91 Å². The topological polar surface area (TPSA) is 49.8 Å². The van der Waals surface area contributed by atoms with Gasteiger partial charge in [0.15, 0.2) is 0 Å². The molecular formula is C18H28F3NO3. The first-order valence-corrected chi connectivity index (χ1v) is 9.48. The maximum Gasteiger partial charge on any atom is 0.391 e. The third kappa shape index (κ3) is 4.48. The Balaban J connectivity index is 1.55. The molecule has 1 aliphatic heterocycles. The molecule has 144 valence electrons. The highest BCUT2D eigenvalue weighted by atomic mass is 19.4. The number of aliphatic hydroxyl groups is 1. The standard InChI is InChI=1S/C18H28F3NO3/c19-18(20,21)13-6-4-12(5-7-13)10-17(24)22-8-9-25-11-15(22)14-2-1-3-16(14)23/h12-16,23H,1-11H2/t12?,13?,14-,15-,16+/m1/s1. The second kappa shape index (κ2) is 7.82. The van der Waals surface area contributed by atoms with E-state index < -0.39 is 12.1 Å². The number of nitrogens with zero attached hydrogens (tertiary/aromatic N) is 1.